The minimum atomic E-state index is -0.288. The Kier molecular flexibility index (Phi) is 5.53. The molecule has 166 valence electrons. The molecule has 2 aromatic heterocycles. The van der Waals surface area contributed by atoms with E-state index >= 15 is 0 Å². The van der Waals surface area contributed by atoms with Crippen LogP contribution in [0.5, 0.6) is 5.88 Å². The molecule has 0 spiro atoms. The number of nitrogen functional groups attached to an aromatic ring is 2. The van der Waals surface area contributed by atoms with Crippen molar-refractivity contribution in [2.24, 2.45) is 0 Å². The van der Waals surface area contributed by atoms with Crippen molar-refractivity contribution in [2.75, 3.05) is 42.5 Å². The molecule has 2 aliphatic rings. The molecule has 4 N–H and O–H groups in total. The van der Waals surface area contributed by atoms with Gasteiger partial charge in [-0.25, -0.2) is 15.0 Å². The van der Waals surface area contributed by atoms with Gasteiger partial charge in [0.2, 0.25) is 0 Å². The molecule has 1 atom stereocenters. The summed E-state index contributed by atoms with van der Waals surface area (Å²) in [5, 5.41) is 0. The van der Waals surface area contributed by atoms with Crippen molar-refractivity contribution in [1.82, 2.24) is 19.9 Å². The van der Waals surface area contributed by atoms with Crippen LogP contribution >= 0.6 is 0 Å². The fraction of sp³-hybridized carbons (Fsp3) is 0.375. The van der Waals surface area contributed by atoms with Crippen LogP contribution in [0.3, 0.4) is 0 Å². The number of hydrogen-bond acceptors (Lipinski definition) is 8. The van der Waals surface area contributed by atoms with Crippen molar-refractivity contribution in [3.8, 4) is 17.1 Å². The first-order chi connectivity index (χ1) is 15.6. The SMILES string of the molecule is CC(Oc1nc(-c2ccc(N3CCN(C4CC4)CC3)cc2)cnc1N)c1ccnc(N)c1. The number of anilines is 3. The van der Waals surface area contributed by atoms with Crippen LogP contribution < -0.4 is 21.1 Å². The number of pyridine rings is 1. The van der Waals surface area contributed by atoms with Gasteiger partial charge in [0.15, 0.2) is 5.82 Å². The minimum absolute atomic E-state index is 0.257. The molecule has 32 heavy (non-hydrogen) atoms. The number of rotatable bonds is 6. The molecular formula is C24H29N7O. The summed E-state index contributed by atoms with van der Waals surface area (Å²) in [6, 6.07) is 13.0. The summed E-state index contributed by atoms with van der Waals surface area (Å²) in [6.07, 6.45) is 5.80. The third kappa shape index (κ3) is 4.45. The largest absolute Gasteiger partial charge is 0.467 e. The fourth-order valence-electron chi connectivity index (χ4n) is 4.19. The highest BCUT2D eigenvalue weighted by Crippen LogP contribution is 2.30. The second-order valence-corrected chi connectivity index (χ2v) is 8.52. The Morgan fingerprint density at radius 2 is 1.75 bits per heavy atom. The van der Waals surface area contributed by atoms with Crippen molar-refractivity contribution in [3.63, 3.8) is 0 Å². The van der Waals surface area contributed by atoms with E-state index in [2.05, 4.69) is 49.0 Å². The molecule has 1 unspecified atom stereocenters. The zero-order valence-corrected chi connectivity index (χ0v) is 18.3. The lowest BCUT2D eigenvalue weighted by molar-refractivity contribution is 0.218. The number of aromatic nitrogens is 3. The van der Waals surface area contributed by atoms with Gasteiger partial charge in [0.05, 0.1) is 11.9 Å². The highest BCUT2D eigenvalue weighted by molar-refractivity contribution is 5.64. The Bertz CT molecular complexity index is 1080. The molecule has 1 aliphatic heterocycles. The molecule has 1 aromatic carbocycles. The van der Waals surface area contributed by atoms with Crippen molar-refractivity contribution < 1.29 is 4.74 Å². The van der Waals surface area contributed by atoms with Crippen LogP contribution in [0.1, 0.15) is 31.4 Å². The van der Waals surface area contributed by atoms with E-state index in [0.717, 1.165) is 49.0 Å². The average Bonchev–Trinajstić information content (AvgIpc) is 3.66. The predicted molar refractivity (Wildman–Crippen MR) is 126 cm³/mol. The molecule has 8 nitrogen and oxygen atoms in total. The molecule has 1 saturated heterocycles. The summed E-state index contributed by atoms with van der Waals surface area (Å²) < 4.78 is 6.01. The number of hydrogen-bond donors (Lipinski definition) is 2. The Morgan fingerprint density at radius 3 is 2.44 bits per heavy atom. The Labute approximate surface area is 188 Å². The van der Waals surface area contributed by atoms with Crippen molar-refractivity contribution in [2.45, 2.75) is 31.9 Å². The summed E-state index contributed by atoms with van der Waals surface area (Å²) in [4.78, 5) is 18.0. The van der Waals surface area contributed by atoms with Gasteiger partial charge in [0, 0.05) is 49.7 Å². The number of piperazine rings is 1. The van der Waals surface area contributed by atoms with E-state index in [1.165, 1.54) is 18.5 Å². The third-order valence-electron chi connectivity index (χ3n) is 6.24. The number of nitrogens with zero attached hydrogens (tertiary/aromatic N) is 5. The van der Waals surface area contributed by atoms with Crippen LogP contribution in [0.15, 0.2) is 48.8 Å². The van der Waals surface area contributed by atoms with E-state index in [9.17, 15) is 0 Å². The highest BCUT2D eigenvalue weighted by Gasteiger charge is 2.31. The monoisotopic (exact) mass is 431 g/mol. The van der Waals surface area contributed by atoms with Crippen LogP contribution in [0.2, 0.25) is 0 Å². The zero-order valence-electron chi connectivity index (χ0n) is 18.3. The van der Waals surface area contributed by atoms with Gasteiger partial charge in [-0.3, -0.25) is 4.90 Å². The standard InChI is InChI=1S/C24H29N7O/c1-16(18-8-9-27-22(25)14-18)32-24-23(26)28-15-21(29-24)17-2-4-19(5-3-17)30-10-12-31(13-11-30)20-6-7-20/h2-5,8-9,14-16,20H,6-7,10-13H2,1H3,(H2,25,27)(H2,26,28). The molecular weight excluding hydrogens is 402 g/mol. The number of ether oxygens (including phenoxy) is 1. The Balaban J connectivity index is 1.28. The molecule has 1 saturated carbocycles. The van der Waals surface area contributed by atoms with Crippen LogP contribution in [-0.2, 0) is 0 Å². The van der Waals surface area contributed by atoms with Crippen LogP contribution in [-0.4, -0.2) is 52.1 Å². The normalized spacial score (nSPS) is 17.8. The molecule has 0 radical (unpaired) electrons. The second-order valence-electron chi connectivity index (χ2n) is 8.52. The lowest BCUT2D eigenvalue weighted by atomic mass is 10.1. The van der Waals surface area contributed by atoms with Gasteiger partial charge in [0.1, 0.15) is 11.9 Å². The van der Waals surface area contributed by atoms with Crippen molar-refractivity contribution in [1.29, 1.82) is 0 Å². The number of nitrogens with two attached hydrogens (primary N) is 2. The maximum atomic E-state index is 6.04. The van der Waals surface area contributed by atoms with E-state index in [1.807, 2.05) is 13.0 Å². The lowest BCUT2D eigenvalue weighted by Gasteiger charge is -2.36. The van der Waals surface area contributed by atoms with E-state index in [4.69, 9.17) is 16.2 Å². The maximum Gasteiger partial charge on any atom is 0.258 e. The smallest absolute Gasteiger partial charge is 0.258 e. The average molecular weight is 432 g/mol. The van der Waals surface area contributed by atoms with Crippen LogP contribution in [0.4, 0.5) is 17.3 Å². The fourth-order valence-corrected chi connectivity index (χ4v) is 4.19. The highest BCUT2D eigenvalue weighted by atomic mass is 16.5. The topological polar surface area (TPSA) is 106 Å². The second kappa shape index (κ2) is 8.63. The van der Waals surface area contributed by atoms with E-state index in [1.54, 1.807) is 18.5 Å². The molecule has 3 aromatic rings. The first-order valence-corrected chi connectivity index (χ1v) is 11.2. The molecule has 8 heteroatoms. The molecule has 2 fully saturated rings. The molecule has 0 bridgehead atoms. The molecule has 0 amide bonds. The summed E-state index contributed by atoms with van der Waals surface area (Å²) in [5.74, 6) is 1.01. The summed E-state index contributed by atoms with van der Waals surface area (Å²) in [5.41, 5.74) is 15.7. The summed E-state index contributed by atoms with van der Waals surface area (Å²) in [7, 11) is 0. The Hall–Kier alpha value is -3.39. The van der Waals surface area contributed by atoms with E-state index in [-0.39, 0.29) is 11.9 Å². The lowest BCUT2D eigenvalue weighted by Crippen LogP contribution is -2.47. The van der Waals surface area contributed by atoms with Gasteiger partial charge in [-0.2, -0.15) is 0 Å². The Morgan fingerprint density at radius 1 is 1.00 bits per heavy atom. The van der Waals surface area contributed by atoms with E-state index < -0.39 is 0 Å². The summed E-state index contributed by atoms with van der Waals surface area (Å²) in [6.45, 7) is 6.37. The first kappa shape index (κ1) is 20.5. The van der Waals surface area contributed by atoms with E-state index in [0.29, 0.717) is 11.7 Å². The van der Waals surface area contributed by atoms with Gasteiger partial charge < -0.3 is 21.1 Å². The quantitative estimate of drug-likeness (QED) is 0.613. The minimum Gasteiger partial charge on any atom is -0.467 e. The van der Waals surface area contributed by atoms with Gasteiger partial charge in [-0.15, -0.1) is 0 Å². The van der Waals surface area contributed by atoms with Crippen LogP contribution in [0, 0.1) is 0 Å². The number of benzene rings is 1. The summed E-state index contributed by atoms with van der Waals surface area (Å²) >= 11 is 0. The van der Waals surface area contributed by atoms with Gasteiger partial charge in [0.25, 0.3) is 5.88 Å². The van der Waals surface area contributed by atoms with Gasteiger partial charge in [-0.05, 0) is 49.6 Å². The first-order valence-electron chi connectivity index (χ1n) is 11.2. The van der Waals surface area contributed by atoms with Crippen LogP contribution in [0.25, 0.3) is 11.3 Å². The van der Waals surface area contributed by atoms with Crippen molar-refractivity contribution >= 4 is 17.3 Å². The maximum absolute atomic E-state index is 6.04. The zero-order chi connectivity index (χ0) is 22.1. The van der Waals surface area contributed by atoms with Crippen molar-refractivity contribution in [3.05, 3.63) is 54.4 Å². The van der Waals surface area contributed by atoms with Gasteiger partial charge in [-0.1, -0.05) is 12.1 Å². The molecule has 5 rings (SSSR count). The van der Waals surface area contributed by atoms with Gasteiger partial charge >= 0.3 is 0 Å². The third-order valence-corrected chi connectivity index (χ3v) is 6.24. The molecule has 3 heterocycles. The predicted octanol–water partition coefficient (Wildman–Crippen LogP) is 3.13. The molecule has 1 aliphatic carbocycles.